The number of aromatic nitrogens is 1. The van der Waals surface area contributed by atoms with Gasteiger partial charge in [0.05, 0.1) is 16.4 Å². The summed E-state index contributed by atoms with van der Waals surface area (Å²) in [7, 11) is 2.00. The summed E-state index contributed by atoms with van der Waals surface area (Å²) in [6, 6.07) is 11.8. The first kappa shape index (κ1) is 19.1. The number of halogens is 3. The first-order valence-electron chi connectivity index (χ1n) is 7.17. The third-order valence-corrected chi connectivity index (χ3v) is 5.31. The number of nitrogens with zero attached hydrogens (tertiary/aromatic N) is 2. The van der Waals surface area contributed by atoms with Crippen LogP contribution in [0.2, 0.25) is 10.0 Å². The summed E-state index contributed by atoms with van der Waals surface area (Å²) in [5, 5.41) is 3.34. The second kappa shape index (κ2) is 7.75. The van der Waals surface area contributed by atoms with E-state index in [4.69, 9.17) is 28.2 Å². The Morgan fingerprint density at radius 2 is 1.75 bits per heavy atom. The molecule has 0 amide bonds. The largest absolute Gasteiger partial charge is 0.319 e. The third-order valence-electron chi connectivity index (χ3n) is 3.85. The van der Waals surface area contributed by atoms with Crippen LogP contribution in [0.1, 0.15) is 11.1 Å². The van der Waals surface area contributed by atoms with E-state index >= 15 is 0 Å². The lowest BCUT2D eigenvalue weighted by Crippen LogP contribution is -2.11. The van der Waals surface area contributed by atoms with Crippen molar-refractivity contribution in [1.29, 1.82) is 0 Å². The molecule has 0 N–H and O–H groups in total. The molecule has 0 saturated heterocycles. The van der Waals surface area contributed by atoms with E-state index in [1.165, 1.54) is 11.1 Å². The molecule has 3 rings (SSSR count). The zero-order valence-electron chi connectivity index (χ0n) is 13.5. The second-order valence-electron chi connectivity index (χ2n) is 5.47. The number of thiazole rings is 1. The van der Waals surface area contributed by atoms with Crippen molar-refractivity contribution < 1.29 is 0 Å². The van der Waals surface area contributed by atoms with E-state index in [-0.39, 0.29) is 12.4 Å². The fourth-order valence-electron chi connectivity index (χ4n) is 2.32. The van der Waals surface area contributed by atoms with Gasteiger partial charge >= 0.3 is 0 Å². The fourth-order valence-corrected chi connectivity index (χ4v) is 3.74. The topological polar surface area (TPSA) is 17.3 Å². The molecule has 0 unspecified atom stereocenters. The van der Waals surface area contributed by atoms with E-state index in [1.54, 1.807) is 17.4 Å². The molecule has 3 aromatic rings. The SMILES string of the molecule is Cc1ccc(N=c2scc(-c3ccc(Cl)cc3Cl)n2C)cc1C.Cl. The lowest BCUT2D eigenvalue weighted by molar-refractivity contribution is 0.883. The van der Waals surface area contributed by atoms with Crippen molar-refractivity contribution in [1.82, 2.24) is 4.57 Å². The van der Waals surface area contributed by atoms with E-state index in [0.717, 1.165) is 21.7 Å². The van der Waals surface area contributed by atoms with Crippen LogP contribution in [0.4, 0.5) is 5.69 Å². The Morgan fingerprint density at radius 3 is 2.42 bits per heavy atom. The maximum atomic E-state index is 6.32. The van der Waals surface area contributed by atoms with Gasteiger partial charge in [0.2, 0.25) is 0 Å². The molecule has 0 aliphatic rings. The van der Waals surface area contributed by atoms with Crippen LogP contribution < -0.4 is 4.80 Å². The molecule has 0 atom stereocenters. The highest BCUT2D eigenvalue weighted by molar-refractivity contribution is 7.07. The van der Waals surface area contributed by atoms with Gasteiger partial charge in [-0.2, -0.15) is 0 Å². The number of rotatable bonds is 2. The van der Waals surface area contributed by atoms with Crippen molar-refractivity contribution in [3.05, 3.63) is 67.8 Å². The van der Waals surface area contributed by atoms with Gasteiger partial charge in [-0.1, -0.05) is 29.3 Å². The van der Waals surface area contributed by atoms with Crippen LogP contribution in [0, 0.1) is 13.8 Å². The summed E-state index contributed by atoms with van der Waals surface area (Å²) < 4.78 is 2.05. The summed E-state index contributed by atoms with van der Waals surface area (Å²) in [6.45, 7) is 4.20. The van der Waals surface area contributed by atoms with Gasteiger partial charge in [-0.05, 0) is 55.3 Å². The molecule has 0 saturated carbocycles. The Labute approximate surface area is 161 Å². The smallest absolute Gasteiger partial charge is 0.190 e. The predicted octanol–water partition coefficient (Wildman–Crippen LogP) is 6.33. The molecule has 0 aliphatic carbocycles. The molecule has 6 heteroatoms. The normalized spacial score (nSPS) is 11.5. The van der Waals surface area contributed by atoms with Crippen LogP contribution in [-0.4, -0.2) is 4.57 Å². The predicted molar refractivity (Wildman–Crippen MR) is 107 cm³/mol. The molecule has 2 nitrogen and oxygen atoms in total. The van der Waals surface area contributed by atoms with Gasteiger partial charge in [0.25, 0.3) is 0 Å². The lowest BCUT2D eigenvalue weighted by Gasteiger charge is -2.06. The van der Waals surface area contributed by atoms with E-state index in [2.05, 4.69) is 35.9 Å². The molecule has 0 bridgehead atoms. The Kier molecular flexibility index (Phi) is 6.16. The minimum atomic E-state index is 0. The Hall–Kier alpha value is -1.26. The van der Waals surface area contributed by atoms with Crippen LogP contribution in [-0.2, 0) is 7.05 Å². The van der Waals surface area contributed by atoms with Crippen molar-refractivity contribution in [2.75, 3.05) is 0 Å². The second-order valence-corrected chi connectivity index (χ2v) is 7.15. The monoisotopic (exact) mass is 398 g/mol. The van der Waals surface area contributed by atoms with Crippen molar-refractivity contribution in [3.8, 4) is 11.3 Å². The summed E-state index contributed by atoms with van der Waals surface area (Å²) >= 11 is 13.9. The molecule has 0 fully saturated rings. The summed E-state index contributed by atoms with van der Waals surface area (Å²) in [4.78, 5) is 5.67. The van der Waals surface area contributed by atoms with E-state index in [0.29, 0.717) is 10.0 Å². The zero-order chi connectivity index (χ0) is 16.6. The highest BCUT2D eigenvalue weighted by atomic mass is 35.5. The molecule has 2 aromatic carbocycles. The summed E-state index contributed by atoms with van der Waals surface area (Å²) in [6.07, 6.45) is 0. The van der Waals surface area contributed by atoms with E-state index in [9.17, 15) is 0 Å². The fraction of sp³-hybridized carbons (Fsp3) is 0.167. The van der Waals surface area contributed by atoms with Gasteiger partial charge in [0.1, 0.15) is 0 Å². The van der Waals surface area contributed by atoms with Crippen molar-refractivity contribution >= 4 is 52.6 Å². The summed E-state index contributed by atoms with van der Waals surface area (Å²) in [5.41, 5.74) is 5.45. The average molecular weight is 400 g/mol. The standard InChI is InChI=1S/C18H16Cl2N2S.ClH/c1-11-4-6-14(8-12(11)2)21-18-22(3)17(10-23-18)15-7-5-13(19)9-16(15)20;/h4-10H,1-3H3;1H. The highest BCUT2D eigenvalue weighted by Crippen LogP contribution is 2.30. The minimum Gasteiger partial charge on any atom is -0.319 e. The molecule has 1 aromatic heterocycles. The lowest BCUT2D eigenvalue weighted by atomic mass is 10.1. The zero-order valence-corrected chi connectivity index (χ0v) is 16.7. The molecular formula is C18H17Cl3N2S. The third kappa shape index (κ3) is 3.86. The van der Waals surface area contributed by atoms with Gasteiger partial charge in [0, 0.05) is 23.0 Å². The van der Waals surface area contributed by atoms with Gasteiger partial charge in [0.15, 0.2) is 4.80 Å². The first-order chi connectivity index (χ1) is 11.0. The Balaban J connectivity index is 0.00000208. The van der Waals surface area contributed by atoms with Crippen molar-refractivity contribution in [2.24, 2.45) is 12.0 Å². The Morgan fingerprint density at radius 1 is 1.00 bits per heavy atom. The molecule has 0 radical (unpaired) electrons. The molecular weight excluding hydrogens is 383 g/mol. The van der Waals surface area contributed by atoms with Gasteiger partial charge in [-0.3, -0.25) is 0 Å². The van der Waals surface area contributed by atoms with Crippen LogP contribution in [0.15, 0.2) is 46.8 Å². The van der Waals surface area contributed by atoms with Crippen LogP contribution in [0.3, 0.4) is 0 Å². The van der Waals surface area contributed by atoms with Crippen LogP contribution in [0.5, 0.6) is 0 Å². The molecule has 0 spiro atoms. The number of aryl methyl sites for hydroxylation is 2. The minimum absolute atomic E-state index is 0. The first-order valence-corrected chi connectivity index (χ1v) is 8.81. The molecule has 126 valence electrons. The van der Waals surface area contributed by atoms with Crippen molar-refractivity contribution in [3.63, 3.8) is 0 Å². The van der Waals surface area contributed by atoms with E-state index < -0.39 is 0 Å². The van der Waals surface area contributed by atoms with Gasteiger partial charge in [-0.15, -0.1) is 23.7 Å². The van der Waals surface area contributed by atoms with E-state index in [1.807, 2.05) is 25.2 Å². The Bertz CT molecular complexity index is 942. The number of hydrogen-bond donors (Lipinski definition) is 0. The van der Waals surface area contributed by atoms with Crippen LogP contribution >= 0.6 is 46.9 Å². The molecule has 0 aliphatic heterocycles. The van der Waals surface area contributed by atoms with Crippen molar-refractivity contribution in [2.45, 2.75) is 13.8 Å². The number of hydrogen-bond acceptors (Lipinski definition) is 2. The van der Waals surface area contributed by atoms with Gasteiger partial charge in [-0.25, -0.2) is 4.99 Å². The number of benzene rings is 2. The maximum absolute atomic E-state index is 6.32. The average Bonchev–Trinajstić information content (AvgIpc) is 2.84. The quantitative estimate of drug-likeness (QED) is 0.479. The maximum Gasteiger partial charge on any atom is 0.190 e. The van der Waals surface area contributed by atoms with Gasteiger partial charge < -0.3 is 4.57 Å². The molecule has 24 heavy (non-hydrogen) atoms. The summed E-state index contributed by atoms with van der Waals surface area (Å²) in [5.74, 6) is 0. The van der Waals surface area contributed by atoms with Crippen LogP contribution in [0.25, 0.3) is 11.3 Å². The molecule has 1 heterocycles. The highest BCUT2D eigenvalue weighted by Gasteiger charge is 2.09.